The molecule has 138 valence electrons. The Morgan fingerprint density at radius 1 is 1.00 bits per heavy atom. The first-order valence-electron chi connectivity index (χ1n) is 8.75. The van der Waals surface area contributed by atoms with E-state index in [4.69, 9.17) is 16.3 Å². The number of carbonyl (C=O) groups is 1. The van der Waals surface area contributed by atoms with Crippen LogP contribution >= 0.6 is 11.6 Å². The van der Waals surface area contributed by atoms with Gasteiger partial charge in [0.1, 0.15) is 5.75 Å². The molecule has 26 heavy (non-hydrogen) atoms. The minimum Gasteiger partial charge on any atom is -0.497 e. The number of hydrogen-bond acceptors (Lipinski definition) is 4. The van der Waals surface area contributed by atoms with Gasteiger partial charge in [0.05, 0.1) is 13.7 Å². The molecular weight excluding hydrogens is 350 g/mol. The first-order chi connectivity index (χ1) is 12.6. The molecule has 1 N–H and O–H groups in total. The van der Waals surface area contributed by atoms with Crippen molar-refractivity contribution in [1.82, 2.24) is 9.80 Å². The number of piperazine rings is 1. The molecule has 1 aliphatic heterocycles. The smallest absolute Gasteiger partial charge is 0.238 e. The van der Waals surface area contributed by atoms with Crippen LogP contribution in [-0.2, 0) is 11.3 Å². The molecule has 0 aromatic heterocycles. The van der Waals surface area contributed by atoms with E-state index in [1.165, 1.54) is 5.56 Å². The number of halogens is 1. The first kappa shape index (κ1) is 18.7. The van der Waals surface area contributed by atoms with Crippen LogP contribution in [0.3, 0.4) is 0 Å². The molecule has 1 fully saturated rings. The first-order valence-corrected chi connectivity index (χ1v) is 9.13. The van der Waals surface area contributed by atoms with E-state index in [1.54, 1.807) is 19.2 Å². The molecule has 1 amide bonds. The summed E-state index contributed by atoms with van der Waals surface area (Å²) in [4.78, 5) is 16.8. The van der Waals surface area contributed by atoms with E-state index < -0.39 is 0 Å². The van der Waals surface area contributed by atoms with Crippen molar-refractivity contribution < 1.29 is 9.53 Å². The number of amides is 1. The normalized spacial score (nSPS) is 15.6. The van der Waals surface area contributed by atoms with Crippen LogP contribution in [0.15, 0.2) is 48.5 Å². The average molecular weight is 374 g/mol. The van der Waals surface area contributed by atoms with Gasteiger partial charge in [0.2, 0.25) is 5.91 Å². The number of carbonyl (C=O) groups excluding carboxylic acids is 1. The highest BCUT2D eigenvalue weighted by Crippen LogP contribution is 2.15. The molecule has 6 heteroatoms. The highest BCUT2D eigenvalue weighted by atomic mass is 35.5. The molecule has 0 saturated carbocycles. The van der Waals surface area contributed by atoms with Crippen LogP contribution in [0, 0.1) is 0 Å². The predicted molar refractivity (Wildman–Crippen MR) is 105 cm³/mol. The highest BCUT2D eigenvalue weighted by molar-refractivity contribution is 6.30. The summed E-state index contributed by atoms with van der Waals surface area (Å²) in [5.41, 5.74) is 2.05. The van der Waals surface area contributed by atoms with Crippen LogP contribution in [0.1, 0.15) is 5.56 Å². The molecule has 3 rings (SSSR count). The van der Waals surface area contributed by atoms with E-state index in [0.29, 0.717) is 11.6 Å². The zero-order chi connectivity index (χ0) is 18.4. The van der Waals surface area contributed by atoms with Gasteiger partial charge < -0.3 is 10.1 Å². The van der Waals surface area contributed by atoms with Crippen molar-refractivity contribution in [1.29, 1.82) is 0 Å². The number of ether oxygens (including phenoxy) is 1. The largest absolute Gasteiger partial charge is 0.497 e. The Kier molecular flexibility index (Phi) is 6.50. The molecule has 2 aromatic rings. The van der Waals surface area contributed by atoms with Gasteiger partial charge in [0.15, 0.2) is 0 Å². The molecule has 2 aromatic carbocycles. The standard InChI is InChI=1S/C20H24ClN3O2/c1-26-19-8-2-16(3-9-19)14-23-10-12-24(13-11-23)15-20(25)22-18-6-4-17(21)5-7-18/h2-9H,10-15H2,1H3,(H,22,25). The quantitative estimate of drug-likeness (QED) is 0.845. The fraction of sp³-hybridized carbons (Fsp3) is 0.350. The van der Waals surface area contributed by atoms with E-state index in [0.717, 1.165) is 44.2 Å². The number of anilines is 1. The van der Waals surface area contributed by atoms with Crippen molar-refractivity contribution in [3.8, 4) is 5.75 Å². The van der Waals surface area contributed by atoms with E-state index in [9.17, 15) is 4.79 Å². The number of methoxy groups -OCH3 is 1. The van der Waals surface area contributed by atoms with Crippen LogP contribution in [0.2, 0.25) is 5.02 Å². The molecule has 0 unspecified atom stereocenters. The van der Waals surface area contributed by atoms with Gasteiger partial charge in [-0.2, -0.15) is 0 Å². The molecule has 0 aliphatic carbocycles. The second kappa shape index (κ2) is 9.03. The summed E-state index contributed by atoms with van der Waals surface area (Å²) in [6.45, 7) is 5.04. The lowest BCUT2D eigenvalue weighted by molar-refractivity contribution is -0.117. The van der Waals surface area contributed by atoms with Gasteiger partial charge >= 0.3 is 0 Å². The van der Waals surface area contributed by atoms with Gasteiger partial charge in [0, 0.05) is 43.4 Å². The van der Waals surface area contributed by atoms with Crippen molar-refractivity contribution in [2.45, 2.75) is 6.54 Å². The molecule has 5 nitrogen and oxygen atoms in total. The van der Waals surface area contributed by atoms with Crippen molar-refractivity contribution in [3.63, 3.8) is 0 Å². The summed E-state index contributed by atoms with van der Waals surface area (Å²) in [6, 6.07) is 15.4. The van der Waals surface area contributed by atoms with Crippen LogP contribution < -0.4 is 10.1 Å². The summed E-state index contributed by atoms with van der Waals surface area (Å²) in [5.74, 6) is 0.890. The van der Waals surface area contributed by atoms with E-state index in [1.807, 2.05) is 24.3 Å². The monoisotopic (exact) mass is 373 g/mol. The Hall–Kier alpha value is -2.08. The second-order valence-corrected chi connectivity index (χ2v) is 6.89. The third kappa shape index (κ3) is 5.46. The maximum atomic E-state index is 12.2. The Morgan fingerprint density at radius 2 is 1.62 bits per heavy atom. The molecule has 1 aliphatic rings. The third-order valence-electron chi connectivity index (χ3n) is 4.53. The summed E-state index contributed by atoms with van der Waals surface area (Å²) >= 11 is 5.86. The van der Waals surface area contributed by atoms with Crippen LogP contribution in [0.5, 0.6) is 5.75 Å². The molecule has 0 atom stereocenters. The SMILES string of the molecule is COc1ccc(CN2CCN(CC(=O)Nc3ccc(Cl)cc3)CC2)cc1. The lowest BCUT2D eigenvalue weighted by atomic mass is 10.2. The maximum absolute atomic E-state index is 12.2. The van der Waals surface area contributed by atoms with Crippen molar-refractivity contribution >= 4 is 23.2 Å². The van der Waals surface area contributed by atoms with Gasteiger partial charge in [-0.3, -0.25) is 14.6 Å². The number of rotatable bonds is 6. The molecule has 0 radical (unpaired) electrons. The van der Waals surface area contributed by atoms with Crippen LogP contribution in [0.25, 0.3) is 0 Å². The third-order valence-corrected chi connectivity index (χ3v) is 4.78. The Morgan fingerprint density at radius 3 is 2.23 bits per heavy atom. The predicted octanol–water partition coefficient (Wildman–Crippen LogP) is 3.10. The van der Waals surface area contributed by atoms with Gasteiger partial charge in [-0.15, -0.1) is 0 Å². The van der Waals surface area contributed by atoms with Gasteiger partial charge in [-0.1, -0.05) is 23.7 Å². The lowest BCUT2D eigenvalue weighted by Crippen LogP contribution is -2.48. The van der Waals surface area contributed by atoms with E-state index >= 15 is 0 Å². The maximum Gasteiger partial charge on any atom is 0.238 e. The second-order valence-electron chi connectivity index (χ2n) is 6.46. The van der Waals surface area contributed by atoms with Crippen LogP contribution in [-0.4, -0.2) is 55.5 Å². The van der Waals surface area contributed by atoms with E-state index in [2.05, 4.69) is 27.2 Å². The van der Waals surface area contributed by atoms with Gasteiger partial charge in [-0.25, -0.2) is 0 Å². The van der Waals surface area contributed by atoms with Crippen LogP contribution in [0.4, 0.5) is 5.69 Å². The molecule has 0 bridgehead atoms. The molecule has 0 spiro atoms. The average Bonchev–Trinajstić information content (AvgIpc) is 2.66. The van der Waals surface area contributed by atoms with E-state index in [-0.39, 0.29) is 5.91 Å². The topological polar surface area (TPSA) is 44.8 Å². The number of benzene rings is 2. The van der Waals surface area contributed by atoms with Gasteiger partial charge in [-0.05, 0) is 42.0 Å². The fourth-order valence-corrected chi connectivity index (χ4v) is 3.16. The molecule has 1 heterocycles. The summed E-state index contributed by atoms with van der Waals surface area (Å²) in [6.07, 6.45) is 0. The Labute approximate surface area is 159 Å². The summed E-state index contributed by atoms with van der Waals surface area (Å²) in [5, 5.41) is 3.58. The van der Waals surface area contributed by atoms with Crippen molar-refractivity contribution in [2.75, 3.05) is 45.2 Å². The number of nitrogens with one attached hydrogen (secondary N) is 1. The van der Waals surface area contributed by atoms with Crippen molar-refractivity contribution in [3.05, 3.63) is 59.1 Å². The number of hydrogen-bond donors (Lipinski definition) is 1. The molecule has 1 saturated heterocycles. The summed E-state index contributed by atoms with van der Waals surface area (Å²) in [7, 11) is 1.68. The van der Waals surface area contributed by atoms with Crippen molar-refractivity contribution in [2.24, 2.45) is 0 Å². The summed E-state index contributed by atoms with van der Waals surface area (Å²) < 4.78 is 5.19. The van der Waals surface area contributed by atoms with Gasteiger partial charge in [0.25, 0.3) is 0 Å². The highest BCUT2D eigenvalue weighted by Gasteiger charge is 2.19. The fourth-order valence-electron chi connectivity index (χ4n) is 3.03. The Balaban J connectivity index is 1.41. The lowest BCUT2D eigenvalue weighted by Gasteiger charge is -2.34. The molecular formula is C20H24ClN3O2. The zero-order valence-corrected chi connectivity index (χ0v) is 15.7. The number of nitrogens with zero attached hydrogens (tertiary/aromatic N) is 2. The zero-order valence-electron chi connectivity index (χ0n) is 15.0. The Bertz CT molecular complexity index is 711. The minimum atomic E-state index is 0.0101. The minimum absolute atomic E-state index is 0.0101.